The normalized spacial score (nSPS) is 20.9. The van der Waals surface area contributed by atoms with Crippen molar-refractivity contribution in [2.45, 2.75) is 39.3 Å². The van der Waals surface area contributed by atoms with Gasteiger partial charge in [0.25, 0.3) is 5.91 Å². The summed E-state index contributed by atoms with van der Waals surface area (Å²) in [4.78, 5) is 25.4. The average molecular weight is 255 g/mol. The summed E-state index contributed by atoms with van der Waals surface area (Å²) in [6.45, 7) is 10.2. The van der Waals surface area contributed by atoms with Gasteiger partial charge in [0, 0.05) is 12.0 Å². The standard InChI is InChI=1S/C13H22N2O3/c1-5-8-18-12(17)9-6-7-15(9)11(16)10(14)13(2,3)4/h5,9-10H,1,6-8,14H2,2-4H3/p+1/t9-,10+/m1/s1. The van der Waals surface area contributed by atoms with Gasteiger partial charge in [-0.05, 0) is 6.42 Å². The van der Waals surface area contributed by atoms with Gasteiger partial charge in [-0.3, -0.25) is 4.79 Å². The number of likely N-dealkylation sites (tertiary alicyclic amines) is 1. The van der Waals surface area contributed by atoms with Crippen LogP contribution >= 0.6 is 0 Å². The number of amides is 1. The van der Waals surface area contributed by atoms with E-state index in [1.807, 2.05) is 20.8 Å². The number of hydrogen-bond acceptors (Lipinski definition) is 3. The molecule has 1 rings (SSSR count). The molecule has 1 saturated heterocycles. The van der Waals surface area contributed by atoms with E-state index in [-0.39, 0.29) is 29.9 Å². The molecule has 0 aromatic rings. The molecule has 18 heavy (non-hydrogen) atoms. The molecule has 5 nitrogen and oxygen atoms in total. The Labute approximate surface area is 108 Å². The highest BCUT2D eigenvalue weighted by Gasteiger charge is 2.44. The van der Waals surface area contributed by atoms with Crippen LogP contribution in [0, 0.1) is 5.41 Å². The van der Waals surface area contributed by atoms with Crippen LogP contribution < -0.4 is 5.73 Å². The van der Waals surface area contributed by atoms with Crippen molar-refractivity contribution in [2.24, 2.45) is 5.41 Å². The summed E-state index contributed by atoms with van der Waals surface area (Å²) in [5.74, 6) is -0.426. The summed E-state index contributed by atoms with van der Waals surface area (Å²) in [6, 6.07) is -0.795. The SMILES string of the molecule is C=CCOC(=O)[C@H]1CCN1C(=O)[C@H]([NH3+])C(C)(C)C. The van der Waals surface area contributed by atoms with Gasteiger partial charge in [0.05, 0.1) is 0 Å². The molecule has 1 fully saturated rings. The van der Waals surface area contributed by atoms with Crippen LogP contribution in [0.3, 0.4) is 0 Å². The van der Waals surface area contributed by atoms with Crippen LogP contribution in [0.2, 0.25) is 0 Å². The van der Waals surface area contributed by atoms with Gasteiger partial charge >= 0.3 is 5.97 Å². The van der Waals surface area contributed by atoms with E-state index < -0.39 is 6.04 Å². The molecule has 3 N–H and O–H groups in total. The Kier molecular flexibility index (Phi) is 4.51. The van der Waals surface area contributed by atoms with Crippen LogP contribution in [0.25, 0.3) is 0 Å². The predicted molar refractivity (Wildman–Crippen MR) is 67.4 cm³/mol. The van der Waals surface area contributed by atoms with E-state index in [1.54, 1.807) is 4.90 Å². The van der Waals surface area contributed by atoms with E-state index in [2.05, 4.69) is 12.3 Å². The van der Waals surface area contributed by atoms with Crippen LogP contribution in [0.4, 0.5) is 0 Å². The van der Waals surface area contributed by atoms with E-state index in [9.17, 15) is 9.59 Å². The molecule has 2 atom stereocenters. The van der Waals surface area contributed by atoms with Gasteiger partial charge in [-0.25, -0.2) is 4.79 Å². The van der Waals surface area contributed by atoms with Crippen molar-refractivity contribution in [3.05, 3.63) is 12.7 Å². The lowest BCUT2D eigenvalue weighted by Crippen LogP contribution is -2.75. The zero-order chi connectivity index (χ0) is 13.9. The fraction of sp³-hybridized carbons (Fsp3) is 0.692. The summed E-state index contributed by atoms with van der Waals surface area (Å²) >= 11 is 0. The molecular weight excluding hydrogens is 232 g/mol. The maximum atomic E-state index is 12.2. The summed E-state index contributed by atoms with van der Waals surface area (Å²) < 4.78 is 4.97. The lowest BCUT2D eigenvalue weighted by molar-refractivity contribution is -0.428. The van der Waals surface area contributed by atoms with Crippen LogP contribution in [0.15, 0.2) is 12.7 Å². The van der Waals surface area contributed by atoms with E-state index in [1.165, 1.54) is 6.08 Å². The molecule has 0 aromatic heterocycles. The monoisotopic (exact) mass is 255 g/mol. The van der Waals surface area contributed by atoms with Gasteiger partial charge in [-0.2, -0.15) is 0 Å². The molecule has 1 amide bonds. The molecule has 0 aromatic carbocycles. The Balaban J connectivity index is 2.60. The lowest BCUT2D eigenvalue weighted by atomic mass is 9.85. The third-order valence-corrected chi connectivity index (χ3v) is 3.26. The minimum atomic E-state index is -0.441. The number of quaternary nitrogens is 1. The van der Waals surface area contributed by atoms with Gasteiger partial charge in [-0.1, -0.05) is 33.4 Å². The average Bonchev–Trinajstić information content (AvgIpc) is 2.22. The minimum absolute atomic E-state index is 0.0747. The molecule has 102 valence electrons. The first-order valence-electron chi connectivity index (χ1n) is 6.20. The molecule has 0 radical (unpaired) electrons. The molecule has 0 unspecified atom stereocenters. The second kappa shape index (κ2) is 5.52. The molecule has 0 bridgehead atoms. The highest BCUT2D eigenvalue weighted by atomic mass is 16.5. The molecule has 0 saturated carbocycles. The number of carbonyl (C=O) groups is 2. The van der Waals surface area contributed by atoms with Crippen molar-refractivity contribution in [3.63, 3.8) is 0 Å². The summed E-state index contributed by atoms with van der Waals surface area (Å²) in [5.41, 5.74) is 3.70. The number of nitrogens with zero attached hydrogens (tertiary/aromatic N) is 1. The Bertz CT molecular complexity index is 347. The van der Waals surface area contributed by atoms with E-state index in [0.717, 1.165) is 0 Å². The van der Waals surface area contributed by atoms with Crippen molar-refractivity contribution in [3.8, 4) is 0 Å². The van der Waals surface area contributed by atoms with Gasteiger partial charge in [0.1, 0.15) is 12.6 Å². The van der Waals surface area contributed by atoms with Crippen LogP contribution in [-0.2, 0) is 14.3 Å². The van der Waals surface area contributed by atoms with Crippen LogP contribution in [-0.4, -0.2) is 42.0 Å². The molecule has 0 spiro atoms. The Morgan fingerprint density at radius 2 is 2.17 bits per heavy atom. The first-order chi connectivity index (χ1) is 8.29. The van der Waals surface area contributed by atoms with Gasteiger partial charge < -0.3 is 15.4 Å². The topological polar surface area (TPSA) is 74.2 Å². The van der Waals surface area contributed by atoms with Crippen LogP contribution in [0.5, 0.6) is 0 Å². The van der Waals surface area contributed by atoms with Crippen molar-refractivity contribution < 1.29 is 20.1 Å². The summed E-state index contributed by atoms with van der Waals surface area (Å²) in [7, 11) is 0. The second-order valence-corrected chi connectivity index (χ2v) is 5.67. The lowest BCUT2D eigenvalue weighted by Gasteiger charge is -2.41. The largest absolute Gasteiger partial charge is 0.460 e. The number of hydrogen-bond donors (Lipinski definition) is 1. The Morgan fingerprint density at radius 3 is 2.56 bits per heavy atom. The maximum absolute atomic E-state index is 12.2. The van der Waals surface area contributed by atoms with Crippen molar-refractivity contribution in [2.75, 3.05) is 13.2 Å². The summed E-state index contributed by atoms with van der Waals surface area (Å²) in [6.07, 6.45) is 2.18. The second-order valence-electron chi connectivity index (χ2n) is 5.67. The van der Waals surface area contributed by atoms with Gasteiger partial charge in [0.2, 0.25) is 0 Å². The quantitative estimate of drug-likeness (QED) is 0.566. The molecule has 0 aliphatic carbocycles. The molecular formula is C13H23N2O3+. The third kappa shape index (κ3) is 3.10. The first kappa shape index (κ1) is 14.7. The van der Waals surface area contributed by atoms with E-state index >= 15 is 0 Å². The number of carbonyl (C=O) groups excluding carboxylic acids is 2. The molecule has 1 aliphatic rings. The molecule has 5 heteroatoms. The minimum Gasteiger partial charge on any atom is -0.460 e. The highest BCUT2D eigenvalue weighted by Crippen LogP contribution is 2.24. The Hall–Kier alpha value is -1.36. The first-order valence-corrected chi connectivity index (χ1v) is 6.20. The zero-order valence-corrected chi connectivity index (χ0v) is 11.4. The van der Waals surface area contributed by atoms with E-state index in [4.69, 9.17) is 4.74 Å². The van der Waals surface area contributed by atoms with Crippen molar-refractivity contribution in [1.82, 2.24) is 4.90 Å². The fourth-order valence-electron chi connectivity index (χ4n) is 1.70. The fourth-order valence-corrected chi connectivity index (χ4v) is 1.70. The van der Waals surface area contributed by atoms with Gasteiger partial charge in [0.15, 0.2) is 6.04 Å². The van der Waals surface area contributed by atoms with Gasteiger partial charge in [-0.15, -0.1) is 0 Å². The molecule has 1 aliphatic heterocycles. The Morgan fingerprint density at radius 1 is 1.56 bits per heavy atom. The third-order valence-electron chi connectivity index (χ3n) is 3.26. The maximum Gasteiger partial charge on any atom is 0.329 e. The molecule has 1 heterocycles. The van der Waals surface area contributed by atoms with E-state index in [0.29, 0.717) is 13.0 Å². The summed E-state index contributed by atoms with van der Waals surface area (Å²) in [5, 5.41) is 0. The van der Waals surface area contributed by atoms with Crippen molar-refractivity contribution in [1.29, 1.82) is 0 Å². The highest BCUT2D eigenvalue weighted by molar-refractivity contribution is 5.88. The van der Waals surface area contributed by atoms with Crippen LogP contribution in [0.1, 0.15) is 27.2 Å². The number of rotatable bonds is 4. The van der Waals surface area contributed by atoms with Crippen molar-refractivity contribution >= 4 is 11.9 Å². The number of ether oxygens (including phenoxy) is 1. The smallest absolute Gasteiger partial charge is 0.329 e. The number of esters is 1. The predicted octanol–water partition coefficient (Wildman–Crippen LogP) is -0.0269. The zero-order valence-electron chi connectivity index (χ0n) is 11.4.